The molecule has 0 spiro atoms. The summed E-state index contributed by atoms with van der Waals surface area (Å²) in [4.78, 5) is 52.7. The first-order valence-electron chi connectivity index (χ1n) is 20.3. The number of rotatable bonds is 13. The van der Waals surface area contributed by atoms with Crippen LogP contribution in [0.15, 0.2) is 82.8 Å². The number of aryl methyl sites for hydroxylation is 1. The van der Waals surface area contributed by atoms with E-state index in [4.69, 9.17) is 4.74 Å². The Bertz CT molecular complexity index is 2440. The van der Waals surface area contributed by atoms with Gasteiger partial charge in [-0.05, 0) is 72.8 Å². The summed E-state index contributed by atoms with van der Waals surface area (Å²) in [6, 6.07) is 19.1. The van der Waals surface area contributed by atoms with E-state index in [1.54, 1.807) is 10.9 Å². The van der Waals surface area contributed by atoms with Crippen molar-refractivity contribution in [2.45, 2.75) is 100 Å². The molecule has 0 radical (unpaired) electrons. The van der Waals surface area contributed by atoms with E-state index in [9.17, 15) is 24.3 Å². The zero-order valence-electron chi connectivity index (χ0n) is 33.1. The second-order valence-corrected chi connectivity index (χ2v) is 16.3. The molecule has 2 amide bonds. The van der Waals surface area contributed by atoms with Crippen LogP contribution in [0.2, 0.25) is 0 Å². The summed E-state index contributed by atoms with van der Waals surface area (Å²) in [7, 11) is 3.32. The van der Waals surface area contributed by atoms with Gasteiger partial charge >= 0.3 is 0 Å². The molecule has 3 N–H and O–H groups in total. The van der Waals surface area contributed by atoms with Crippen molar-refractivity contribution in [3.63, 3.8) is 0 Å². The average molecular weight is 787 g/mol. The SMILES string of the molecule is CNC(=O)c1nn(CC2(c3cccc(C4CCCCC4)c3)CCCC2)cc(OCNC(=O)c2nn(CC3(c4ccc(-c5ccnn5C)cc4)CC3)cc(O)c2=O)c1=O. The van der Waals surface area contributed by atoms with Crippen molar-refractivity contribution in [2.24, 2.45) is 7.05 Å². The Labute approximate surface area is 336 Å². The van der Waals surface area contributed by atoms with Crippen LogP contribution in [0.4, 0.5) is 0 Å². The van der Waals surface area contributed by atoms with E-state index in [-0.39, 0.29) is 22.3 Å². The van der Waals surface area contributed by atoms with Gasteiger partial charge in [-0.3, -0.25) is 33.2 Å². The highest BCUT2D eigenvalue weighted by Crippen LogP contribution is 2.50. The quantitative estimate of drug-likeness (QED) is 0.133. The maximum Gasteiger partial charge on any atom is 0.278 e. The molecular weight excluding hydrogens is 737 g/mol. The number of carbonyl (C=O) groups excluding carboxylic acids is 2. The molecule has 2 aromatic carbocycles. The molecule has 58 heavy (non-hydrogen) atoms. The second kappa shape index (κ2) is 16.1. The Morgan fingerprint density at radius 3 is 2.14 bits per heavy atom. The molecule has 3 saturated carbocycles. The summed E-state index contributed by atoms with van der Waals surface area (Å²) in [6.07, 6.45) is 16.4. The van der Waals surface area contributed by atoms with Crippen LogP contribution in [-0.4, -0.2) is 60.0 Å². The number of carbonyl (C=O) groups is 2. The van der Waals surface area contributed by atoms with Crippen LogP contribution in [0.5, 0.6) is 11.5 Å². The molecule has 0 saturated heterocycles. The van der Waals surface area contributed by atoms with Gasteiger partial charge in [-0.25, -0.2) is 0 Å². The van der Waals surface area contributed by atoms with Crippen LogP contribution in [0.3, 0.4) is 0 Å². The van der Waals surface area contributed by atoms with Crippen LogP contribution in [-0.2, 0) is 31.0 Å². The molecule has 0 aliphatic heterocycles. The van der Waals surface area contributed by atoms with E-state index in [1.165, 1.54) is 67.4 Å². The van der Waals surface area contributed by atoms with E-state index in [2.05, 4.69) is 62.3 Å². The largest absolute Gasteiger partial charge is 0.503 e. The van der Waals surface area contributed by atoms with Crippen molar-refractivity contribution >= 4 is 11.8 Å². The minimum atomic E-state index is -0.929. The highest BCUT2D eigenvalue weighted by atomic mass is 16.5. The minimum Gasteiger partial charge on any atom is -0.503 e. The van der Waals surface area contributed by atoms with E-state index in [0.29, 0.717) is 19.0 Å². The summed E-state index contributed by atoms with van der Waals surface area (Å²) in [5.41, 5.74) is 2.70. The maximum absolute atomic E-state index is 13.5. The Morgan fingerprint density at radius 1 is 0.810 bits per heavy atom. The lowest BCUT2D eigenvalue weighted by molar-refractivity contribution is 0.0903. The Morgan fingerprint density at radius 2 is 1.48 bits per heavy atom. The number of aromatic hydroxyl groups is 1. The second-order valence-electron chi connectivity index (χ2n) is 16.3. The number of amides is 2. The van der Waals surface area contributed by atoms with Gasteiger partial charge in [0.1, 0.15) is 0 Å². The summed E-state index contributed by atoms with van der Waals surface area (Å²) in [5, 5.41) is 28.6. The predicted molar refractivity (Wildman–Crippen MR) is 217 cm³/mol. The Balaban J connectivity index is 0.984. The van der Waals surface area contributed by atoms with E-state index in [1.807, 2.05) is 29.9 Å². The van der Waals surface area contributed by atoms with E-state index < -0.39 is 40.8 Å². The van der Waals surface area contributed by atoms with Crippen molar-refractivity contribution < 1.29 is 19.4 Å². The van der Waals surface area contributed by atoms with Gasteiger partial charge in [-0.2, -0.15) is 15.3 Å². The maximum atomic E-state index is 13.5. The van der Waals surface area contributed by atoms with Crippen molar-refractivity contribution in [2.75, 3.05) is 13.8 Å². The fourth-order valence-electron chi connectivity index (χ4n) is 9.09. The fourth-order valence-corrected chi connectivity index (χ4v) is 9.09. The fraction of sp³-hybridized carbons (Fsp3) is 0.432. The summed E-state index contributed by atoms with van der Waals surface area (Å²) >= 11 is 0. The number of hydrogen-bond acceptors (Lipinski definition) is 9. The molecule has 0 unspecified atom stereocenters. The number of nitrogens with zero attached hydrogens (tertiary/aromatic N) is 6. The number of benzene rings is 2. The minimum absolute atomic E-state index is 0.177. The first-order valence-corrected chi connectivity index (χ1v) is 20.3. The molecule has 0 atom stereocenters. The average Bonchev–Trinajstić information content (AvgIpc) is 3.63. The number of ether oxygens (including phenoxy) is 1. The summed E-state index contributed by atoms with van der Waals surface area (Å²) in [6.45, 7) is 0.258. The molecule has 5 aromatic rings. The van der Waals surface area contributed by atoms with Crippen molar-refractivity contribution in [3.05, 3.63) is 122 Å². The lowest BCUT2D eigenvalue weighted by atomic mass is 9.76. The molecule has 8 rings (SSSR count). The van der Waals surface area contributed by atoms with Crippen LogP contribution in [0, 0.1) is 0 Å². The van der Waals surface area contributed by atoms with Crippen LogP contribution >= 0.6 is 0 Å². The third kappa shape index (κ3) is 7.79. The molecule has 3 heterocycles. The van der Waals surface area contributed by atoms with Crippen LogP contribution < -0.4 is 26.2 Å². The molecule has 3 aliphatic rings. The first-order chi connectivity index (χ1) is 28.1. The Hall–Kier alpha value is -6.05. The summed E-state index contributed by atoms with van der Waals surface area (Å²) in [5.74, 6) is -1.77. The standard InChI is InChI=1S/C44H50N8O6/c1-45-41(56)38-40(55)36(25-52(49-38)26-43(18-6-7-19-43)33-12-8-11-31(23-33)29-9-4-3-5-10-29)58-28-46-42(57)37-39(54)35(53)24-51(48-37)27-44(20-21-44)32-15-13-30(14-16-32)34-17-22-47-50(34)2/h8,11-17,22-25,29,53H,3-7,9-10,18-21,26-28H2,1-2H3,(H,45,56)(H,46,57). The van der Waals surface area contributed by atoms with Gasteiger partial charge < -0.3 is 20.5 Å². The van der Waals surface area contributed by atoms with Gasteiger partial charge in [0.2, 0.25) is 0 Å². The molecule has 3 aliphatic carbocycles. The molecule has 3 aromatic heterocycles. The highest BCUT2D eigenvalue weighted by molar-refractivity contribution is 5.92. The molecule has 14 nitrogen and oxygen atoms in total. The zero-order chi connectivity index (χ0) is 40.4. The van der Waals surface area contributed by atoms with Gasteiger partial charge in [0.05, 0.1) is 31.2 Å². The van der Waals surface area contributed by atoms with Gasteiger partial charge in [-0.1, -0.05) is 80.6 Å². The van der Waals surface area contributed by atoms with Gasteiger partial charge in [0.15, 0.2) is 29.6 Å². The van der Waals surface area contributed by atoms with Crippen molar-refractivity contribution in [1.29, 1.82) is 0 Å². The highest BCUT2D eigenvalue weighted by Gasteiger charge is 2.45. The zero-order valence-corrected chi connectivity index (χ0v) is 33.1. The van der Waals surface area contributed by atoms with Gasteiger partial charge in [0.25, 0.3) is 22.7 Å². The number of aromatic nitrogens is 6. The van der Waals surface area contributed by atoms with E-state index in [0.717, 1.165) is 55.3 Å². The normalized spacial score (nSPS) is 17.1. The molecule has 302 valence electrons. The topological polar surface area (TPSA) is 175 Å². The van der Waals surface area contributed by atoms with Crippen LogP contribution in [0.1, 0.15) is 114 Å². The van der Waals surface area contributed by atoms with E-state index >= 15 is 0 Å². The predicted octanol–water partition coefficient (Wildman–Crippen LogP) is 5.32. The van der Waals surface area contributed by atoms with Gasteiger partial charge in [0, 0.05) is 31.1 Å². The monoisotopic (exact) mass is 786 g/mol. The number of nitrogens with one attached hydrogen (secondary N) is 2. The van der Waals surface area contributed by atoms with Crippen molar-refractivity contribution in [3.8, 4) is 22.8 Å². The van der Waals surface area contributed by atoms with Gasteiger partial charge in [-0.15, -0.1) is 0 Å². The lowest BCUT2D eigenvalue weighted by Crippen LogP contribution is -2.37. The first kappa shape index (κ1) is 38.8. The smallest absolute Gasteiger partial charge is 0.278 e. The van der Waals surface area contributed by atoms with Crippen molar-refractivity contribution in [1.82, 2.24) is 40.0 Å². The third-order valence-electron chi connectivity index (χ3n) is 12.5. The van der Waals surface area contributed by atoms with Crippen LogP contribution in [0.25, 0.3) is 11.3 Å². The lowest BCUT2D eigenvalue weighted by Gasteiger charge is -2.32. The summed E-state index contributed by atoms with van der Waals surface area (Å²) < 4.78 is 10.7. The molecule has 3 fully saturated rings. The third-order valence-corrected chi connectivity index (χ3v) is 12.5. The number of hydrogen-bond donors (Lipinski definition) is 3. The molecule has 14 heteroatoms. The Kier molecular flexibility index (Phi) is 10.7. The molecular formula is C44H50N8O6. The molecule has 0 bridgehead atoms.